The number of rotatable bonds is 0. The maximum Gasteiger partial charge on any atom is 0.263 e. The molecule has 2 aromatic rings. The van der Waals surface area contributed by atoms with Crippen LogP contribution in [-0.2, 0) is 12.8 Å². The Kier molecular flexibility index (Phi) is 5.08. The average molecular weight is 324 g/mol. The second-order valence-corrected chi connectivity index (χ2v) is 6.35. The van der Waals surface area contributed by atoms with E-state index in [9.17, 15) is 4.79 Å². The molecule has 126 valence electrons. The first kappa shape index (κ1) is 16.4. The largest absolute Gasteiger partial charge is 0.323 e. The molecule has 1 aromatic carbocycles. The van der Waals surface area contributed by atoms with Crippen molar-refractivity contribution in [3.8, 4) is 0 Å². The molecule has 0 saturated carbocycles. The van der Waals surface area contributed by atoms with Crippen LogP contribution in [0.4, 0.5) is 0 Å². The predicted octanol–water partition coefficient (Wildman–Crippen LogP) is 2.83. The van der Waals surface area contributed by atoms with Crippen molar-refractivity contribution in [1.29, 1.82) is 0 Å². The van der Waals surface area contributed by atoms with Crippen LogP contribution in [0.2, 0.25) is 0 Å². The van der Waals surface area contributed by atoms with E-state index < -0.39 is 0 Å². The molecular weight excluding hydrogens is 300 g/mol. The third-order valence-corrected chi connectivity index (χ3v) is 4.66. The SMILES string of the molecule is CC1CCCc2nc3c(c(=O)n21)C(=NN)CCC3.c1ccccc1. The normalized spacial score (nSPS) is 20.5. The predicted molar refractivity (Wildman–Crippen MR) is 96.3 cm³/mol. The number of benzene rings is 1. The van der Waals surface area contributed by atoms with Gasteiger partial charge in [-0.15, -0.1) is 0 Å². The summed E-state index contributed by atoms with van der Waals surface area (Å²) in [6.45, 7) is 2.08. The van der Waals surface area contributed by atoms with Crippen molar-refractivity contribution in [3.63, 3.8) is 0 Å². The molecule has 2 aliphatic rings. The van der Waals surface area contributed by atoms with Crippen molar-refractivity contribution in [1.82, 2.24) is 9.55 Å². The van der Waals surface area contributed by atoms with Gasteiger partial charge in [0.15, 0.2) is 0 Å². The summed E-state index contributed by atoms with van der Waals surface area (Å²) >= 11 is 0. The topological polar surface area (TPSA) is 73.3 Å². The monoisotopic (exact) mass is 324 g/mol. The van der Waals surface area contributed by atoms with E-state index in [1.54, 1.807) is 0 Å². The van der Waals surface area contributed by atoms with E-state index in [2.05, 4.69) is 17.0 Å². The van der Waals surface area contributed by atoms with Crippen LogP contribution in [0.25, 0.3) is 0 Å². The first-order valence-electron chi connectivity index (χ1n) is 8.63. The van der Waals surface area contributed by atoms with Gasteiger partial charge in [-0.3, -0.25) is 9.36 Å². The van der Waals surface area contributed by atoms with Crippen LogP contribution in [0.1, 0.15) is 55.7 Å². The smallest absolute Gasteiger partial charge is 0.263 e. The van der Waals surface area contributed by atoms with E-state index in [4.69, 9.17) is 5.84 Å². The fraction of sp³-hybridized carbons (Fsp3) is 0.421. The molecule has 1 atom stereocenters. The molecule has 24 heavy (non-hydrogen) atoms. The summed E-state index contributed by atoms with van der Waals surface area (Å²) in [6, 6.07) is 12.2. The van der Waals surface area contributed by atoms with Gasteiger partial charge in [-0.25, -0.2) is 4.98 Å². The fourth-order valence-corrected chi connectivity index (χ4v) is 3.48. The van der Waals surface area contributed by atoms with E-state index >= 15 is 0 Å². The Bertz CT molecular complexity index is 753. The Morgan fingerprint density at radius 1 is 1.08 bits per heavy atom. The second-order valence-electron chi connectivity index (χ2n) is 6.35. The fourth-order valence-electron chi connectivity index (χ4n) is 3.48. The molecule has 1 aromatic heterocycles. The highest BCUT2D eigenvalue weighted by Crippen LogP contribution is 2.24. The van der Waals surface area contributed by atoms with Gasteiger partial charge >= 0.3 is 0 Å². The molecule has 1 unspecified atom stereocenters. The van der Waals surface area contributed by atoms with Crippen molar-refractivity contribution < 1.29 is 0 Å². The molecule has 1 aliphatic carbocycles. The molecule has 5 nitrogen and oxygen atoms in total. The van der Waals surface area contributed by atoms with Crippen LogP contribution in [0.3, 0.4) is 0 Å². The Morgan fingerprint density at radius 2 is 1.75 bits per heavy atom. The van der Waals surface area contributed by atoms with Crippen LogP contribution in [0, 0.1) is 0 Å². The van der Waals surface area contributed by atoms with Crippen LogP contribution >= 0.6 is 0 Å². The second kappa shape index (κ2) is 7.43. The summed E-state index contributed by atoms with van der Waals surface area (Å²) in [5.41, 5.74) is 2.35. The van der Waals surface area contributed by atoms with Crippen LogP contribution in [-0.4, -0.2) is 15.3 Å². The first-order chi connectivity index (χ1) is 11.7. The van der Waals surface area contributed by atoms with Gasteiger partial charge in [-0.1, -0.05) is 36.4 Å². The lowest BCUT2D eigenvalue weighted by molar-refractivity contribution is 0.401. The number of fused-ring (bicyclic) bond motifs is 2. The van der Waals surface area contributed by atoms with Crippen LogP contribution in [0.5, 0.6) is 0 Å². The number of aromatic nitrogens is 2. The van der Waals surface area contributed by atoms with Gasteiger partial charge in [0.1, 0.15) is 5.82 Å². The molecule has 0 fully saturated rings. The number of nitrogens with zero attached hydrogens (tertiary/aromatic N) is 3. The van der Waals surface area contributed by atoms with Gasteiger partial charge in [0.25, 0.3) is 5.56 Å². The van der Waals surface area contributed by atoms with Crippen molar-refractivity contribution in [3.05, 3.63) is 63.8 Å². The molecule has 2 N–H and O–H groups in total. The van der Waals surface area contributed by atoms with Crippen LogP contribution < -0.4 is 11.4 Å². The van der Waals surface area contributed by atoms with Crippen molar-refractivity contribution in [2.45, 2.75) is 51.5 Å². The molecule has 0 saturated heterocycles. The zero-order chi connectivity index (χ0) is 16.9. The summed E-state index contributed by atoms with van der Waals surface area (Å²) in [6.07, 6.45) is 5.70. The highest BCUT2D eigenvalue weighted by molar-refractivity contribution is 6.01. The van der Waals surface area contributed by atoms with E-state index in [0.717, 1.165) is 55.8 Å². The van der Waals surface area contributed by atoms with Gasteiger partial charge in [0.2, 0.25) is 0 Å². The molecule has 5 heteroatoms. The van der Waals surface area contributed by atoms with Gasteiger partial charge in [0, 0.05) is 12.5 Å². The molecule has 4 rings (SSSR count). The number of aryl methyl sites for hydroxylation is 2. The molecule has 0 bridgehead atoms. The maximum absolute atomic E-state index is 12.6. The van der Waals surface area contributed by atoms with E-state index in [0.29, 0.717) is 5.56 Å². The molecule has 2 heterocycles. The van der Waals surface area contributed by atoms with Gasteiger partial charge in [0.05, 0.1) is 17.0 Å². The average Bonchev–Trinajstić information content (AvgIpc) is 2.63. The first-order valence-corrected chi connectivity index (χ1v) is 8.63. The molecule has 0 amide bonds. The molecule has 1 aliphatic heterocycles. The lowest BCUT2D eigenvalue weighted by atomic mass is 9.93. The summed E-state index contributed by atoms with van der Waals surface area (Å²) in [5.74, 6) is 6.35. The maximum atomic E-state index is 12.6. The minimum absolute atomic E-state index is 0.0612. The molecule has 0 spiro atoms. The number of hydrogen-bond donors (Lipinski definition) is 1. The Morgan fingerprint density at radius 3 is 2.38 bits per heavy atom. The summed E-state index contributed by atoms with van der Waals surface area (Å²) in [4.78, 5) is 17.3. The van der Waals surface area contributed by atoms with Crippen molar-refractivity contribution in [2.75, 3.05) is 0 Å². The zero-order valence-corrected chi connectivity index (χ0v) is 14.1. The van der Waals surface area contributed by atoms with Gasteiger partial charge in [-0.2, -0.15) is 5.10 Å². The van der Waals surface area contributed by atoms with Gasteiger partial charge in [-0.05, 0) is 39.0 Å². The molecular formula is C19H24N4O. The summed E-state index contributed by atoms with van der Waals surface area (Å²) < 4.78 is 1.85. The number of nitrogens with two attached hydrogens (primary N) is 1. The van der Waals surface area contributed by atoms with Crippen molar-refractivity contribution >= 4 is 5.71 Å². The van der Waals surface area contributed by atoms with Crippen molar-refractivity contribution in [2.24, 2.45) is 10.9 Å². The minimum atomic E-state index is 0.0612. The minimum Gasteiger partial charge on any atom is -0.323 e. The Balaban J connectivity index is 0.000000238. The Hall–Kier alpha value is -2.43. The summed E-state index contributed by atoms with van der Waals surface area (Å²) in [7, 11) is 0. The number of hydrogen-bond acceptors (Lipinski definition) is 4. The highest BCUT2D eigenvalue weighted by atomic mass is 16.1. The quantitative estimate of drug-likeness (QED) is 0.598. The standard InChI is InChI=1S/C13H18N4O.C6H6/c1-8-4-2-7-11-15-9-5-3-6-10(16-14)12(9)13(18)17(8)11;1-2-4-6-5-3-1/h8H,2-7,14H2,1H3;1-6H. The van der Waals surface area contributed by atoms with Crippen LogP contribution in [0.15, 0.2) is 46.3 Å². The molecule has 0 radical (unpaired) electrons. The Labute approximate surface area is 142 Å². The number of hydrazone groups is 1. The van der Waals surface area contributed by atoms with E-state index in [1.807, 2.05) is 41.0 Å². The lowest BCUT2D eigenvalue weighted by Crippen LogP contribution is -2.37. The summed E-state index contributed by atoms with van der Waals surface area (Å²) in [5, 5.41) is 3.79. The van der Waals surface area contributed by atoms with E-state index in [-0.39, 0.29) is 11.6 Å². The highest BCUT2D eigenvalue weighted by Gasteiger charge is 2.27. The zero-order valence-electron chi connectivity index (χ0n) is 14.1. The van der Waals surface area contributed by atoms with Gasteiger partial charge < -0.3 is 5.84 Å². The third-order valence-electron chi connectivity index (χ3n) is 4.66. The lowest BCUT2D eigenvalue weighted by Gasteiger charge is -2.27. The third kappa shape index (κ3) is 3.25. The van der Waals surface area contributed by atoms with E-state index in [1.165, 1.54) is 0 Å².